The number of benzene rings is 8. The first-order valence-corrected chi connectivity index (χ1v) is 17.9. The normalized spacial score (nSPS) is 11.4. The third-order valence-electron chi connectivity index (χ3n) is 10.1. The van der Waals surface area contributed by atoms with Crippen molar-refractivity contribution in [1.29, 1.82) is 0 Å². The van der Waals surface area contributed by atoms with Crippen LogP contribution in [0.5, 0.6) is 0 Å². The molecule has 0 atom stereocenters. The molecule has 0 saturated heterocycles. The summed E-state index contributed by atoms with van der Waals surface area (Å²) in [4.78, 5) is 2.33. The maximum Gasteiger partial charge on any atom is 0.135 e. The van der Waals surface area contributed by atoms with Gasteiger partial charge in [-0.05, 0) is 93.7 Å². The molecule has 0 N–H and O–H groups in total. The predicted molar refractivity (Wildman–Crippen MR) is 220 cm³/mol. The van der Waals surface area contributed by atoms with Crippen LogP contribution in [-0.4, -0.2) is 0 Å². The summed E-state index contributed by atoms with van der Waals surface area (Å²) in [5.41, 5.74) is 11.8. The van der Waals surface area contributed by atoms with Crippen LogP contribution in [0.15, 0.2) is 209 Å². The van der Waals surface area contributed by atoms with E-state index in [9.17, 15) is 0 Å². The van der Waals surface area contributed by atoms with E-state index < -0.39 is 0 Å². The maximum atomic E-state index is 6.11. The van der Waals surface area contributed by atoms with Crippen LogP contribution in [0.3, 0.4) is 0 Å². The zero-order valence-corrected chi connectivity index (χ0v) is 28.8. The molecule has 2 aromatic heterocycles. The Labute approximate surface area is 307 Å². The van der Waals surface area contributed by atoms with E-state index in [2.05, 4.69) is 169 Å². The van der Waals surface area contributed by atoms with Crippen molar-refractivity contribution < 1.29 is 8.83 Å². The second-order valence-corrected chi connectivity index (χ2v) is 13.4. The Kier molecular flexibility index (Phi) is 7.47. The number of rotatable bonds is 7. The first-order chi connectivity index (χ1) is 26.2. The molecule has 10 aromatic rings. The summed E-state index contributed by atoms with van der Waals surface area (Å²) in [6.07, 6.45) is 0. The fourth-order valence-corrected chi connectivity index (χ4v) is 7.27. The van der Waals surface area contributed by atoms with Crippen LogP contribution in [0.25, 0.3) is 77.6 Å². The molecule has 0 bridgehead atoms. The van der Waals surface area contributed by atoms with E-state index in [0.29, 0.717) is 0 Å². The van der Waals surface area contributed by atoms with Crippen molar-refractivity contribution in [1.82, 2.24) is 0 Å². The highest BCUT2D eigenvalue weighted by Crippen LogP contribution is 2.39. The Morgan fingerprint density at radius 2 is 0.623 bits per heavy atom. The van der Waals surface area contributed by atoms with Crippen molar-refractivity contribution in [2.45, 2.75) is 0 Å². The van der Waals surface area contributed by atoms with Gasteiger partial charge in [0, 0.05) is 39.0 Å². The van der Waals surface area contributed by atoms with Crippen molar-refractivity contribution in [2.24, 2.45) is 0 Å². The van der Waals surface area contributed by atoms with Crippen molar-refractivity contribution in [3.63, 3.8) is 0 Å². The van der Waals surface area contributed by atoms with Crippen LogP contribution in [0.1, 0.15) is 0 Å². The second-order valence-electron chi connectivity index (χ2n) is 13.4. The molecule has 2 heterocycles. The molecule has 0 saturated carbocycles. The van der Waals surface area contributed by atoms with Crippen LogP contribution in [0.4, 0.5) is 17.1 Å². The fourth-order valence-electron chi connectivity index (χ4n) is 7.27. The third-order valence-corrected chi connectivity index (χ3v) is 10.1. The monoisotopic (exact) mass is 679 g/mol. The smallest absolute Gasteiger partial charge is 0.135 e. The molecular formula is C50H33NO2. The van der Waals surface area contributed by atoms with Gasteiger partial charge >= 0.3 is 0 Å². The van der Waals surface area contributed by atoms with Gasteiger partial charge in [0.1, 0.15) is 22.7 Å². The lowest BCUT2D eigenvalue weighted by Gasteiger charge is -2.26. The topological polar surface area (TPSA) is 29.5 Å². The lowest BCUT2D eigenvalue weighted by molar-refractivity contribution is 0.631. The van der Waals surface area contributed by atoms with Crippen LogP contribution < -0.4 is 4.90 Å². The standard InChI is InChI=1S/C50H33NO2/c1-2-8-41-31-46(30-25-34(41)7-1)51(44-26-21-37(22-27-44)35-13-17-39(18-14-35)49-32-42-9-3-5-11-47(42)52-49)45-28-23-38(24-29-45)36-15-19-40(20-16-36)50-33-43-10-4-6-12-48(43)53-50/h1-33H. The predicted octanol–water partition coefficient (Wildman–Crippen LogP) is 14.5. The van der Waals surface area contributed by atoms with E-state index in [1.807, 2.05) is 36.4 Å². The minimum atomic E-state index is 0.879. The molecule has 250 valence electrons. The van der Waals surface area contributed by atoms with Crippen LogP contribution in [0.2, 0.25) is 0 Å². The van der Waals surface area contributed by atoms with Crippen LogP contribution in [-0.2, 0) is 0 Å². The molecule has 8 aromatic carbocycles. The Hall–Kier alpha value is -7.10. The minimum absolute atomic E-state index is 0.879. The van der Waals surface area contributed by atoms with Gasteiger partial charge in [0.15, 0.2) is 0 Å². The number of anilines is 3. The molecule has 0 aliphatic rings. The zero-order chi connectivity index (χ0) is 35.1. The lowest BCUT2D eigenvalue weighted by atomic mass is 10.0. The fraction of sp³-hybridized carbons (Fsp3) is 0. The van der Waals surface area contributed by atoms with Crippen molar-refractivity contribution in [2.75, 3.05) is 4.90 Å². The first-order valence-electron chi connectivity index (χ1n) is 17.9. The molecule has 0 aliphatic carbocycles. The van der Waals surface area contributed by atoms with Crippen molar-refractivity contribution in [3.8, 4) is 44.9 Å². The minimum Gasteiger partial charge on any atom is -0.456 e. The molecule has 0 amide bonds. The van der Waals surface area contributed by atoms with Gasteiger partial charge in [-0.25, -0.2) is 0 Å². The lowest BCUT2D eigenvalue weighted by Crippen LogP contribution is -2.09. The average Bonchev–Trinajstić information content (AvgIpc) is 3.87. The summed E-state index contributed by atoms with van der Waals surface area (Å²) < 4.78 is 12.2. The molecule has 3 nitrogen and oxygen atoms in total. The zero-order valence-electron chi connectivity index (χ0n) is 28.8. The Balaban J connectivity index is 0.950. The number of hydrogen-bond acceptors (Lipinski definition) is 3. The highest BCUT2D eigenvalue weighted by Gasteiger charge is 2.15. The molecule has 0 spiro atoms. The molecule has 0 fully saturated rings. The van der Waals surface area contributed by atoms with E-state index in [-0.39, 0.29) is 0 Å². The van der Waals surface area contributed by atoms with Crippen molar-refractivity contribution >= 4 is 49.8 Å². The summed E-state index contributed by atoms with van der Waals surface area (Å²) >= 11 is 0. The largest absolute Gasteiger partial charge is 0.456 e. The van der Waals surface area contributed by atoms with Gasteiger partial charge in [0.05, 0.1) is 0 Å². The summed E-state index contributed by atoms with van der Waals surface area (Å²) in [6.45, 7) is 0. The van der Waals surface area contributed by atoms with Gasteiger partial charge in [0.25, 0.3) is 0 Å². The van der Waals surface area contributed by atoms with Gasteiger partial charge in [-0.15, -0.1) is 0 Å². The van der Waals surface area contributed by atoms with Crippen molar-refractivity contribution in [3.05, 3.63) is 200 Å². The van der Waals surface area contributed by atoms with Gasteiger partial charge in [-0.2, -0.15) is 0 Å². The van der Waals surface area contributed by atoms with Gasteiger partial charge in [0.2, 0.25) is 0 Å². The molecule has 3 heteroatoms. The summed E-state index contributed by atoms with van der Waals surface area (Å²) in [6, 6.07) is 70.5. The summed E-state index contributed by atoms with van der Waals surface area (Å²) in [5, 5.41) is 4.65. The highest BCUT2D eigenvalue weighted by molar-refractivity contribution is 5.90. The SMILES string of the molecule is c1ccc2cc(N(c3ccc(-c4ccc(-c5cc6ccccc6o5)cc4)cc3)c3ccc(-c4ccc(-c5cc6ccccc6o5)cc4)cc3)ccc2c1. The average molecular weight is 680 g/mol. The maximum absolute atomic E-state index is 6.11. The van der Waals surface area contributed by atoms with E-state index in [1.165, 1.54) is 10.8 Å². The number of para-hydroxylation sites is 2. The molecular weight excluding hydrogens is 647 g/mol. The first kappa shape index (κ1) is 30.7. The summed E-state index contributed by atoms with van der Waals surface area (Å²) in [5.74, 6) is 1.76. The Morgan fingerprint density at radius 1 is 0.264 bits per heavy atom. The van der Waals surface area contributed by atoms with Crippen LogP contribution in [0, 0.1) is 0 Å². The third kappa shape index (κ3) is 5.85. The molecule has 0 aliphatic heterocycles. The van der Waals surface area contributed by atoms with E-state index in [1.54, 1.807) is 0 Å². The Morgan fingerprint density at radius 3 is 1.08 bits per heavy atom. The molecule has 10 rings (SSSR count). The Bertz CT molecular complexity index is 2630. The molecule has 0 unspecified atom stereocenters. The van der Waals surface area contributed by atoms with E-state index in [4.69, 9.17) is 8.83 Å². The van der Waals surface area contributed by atoms with Crippen LogP contribution >= 0.6 is 0 Å². The van der Waals surface area contributed by atoms with Gasteiger partial charge in [-0.3, -0.25) is 0 Å². The second kappa shape index (κ2) is 12.9. The summed E-state index contributed by atoms with van der Waals surface area (Å²) in [7, 11) is 0. The van der Waals surface area contributed by atoms with Gasteiger partial charge in [-0.1, -0.05) is 140 Å². The quantitative estimate of drug-likeness (QED) is 0.168. The number of nitrogens with zero attached hydrogens (tertiary/aromatic N) is 1. The van der Waals surface area contributed by atoms with Gasteiger partial charge < -0.3 is 13.7 Å². The van der Waals surface area contributed by atoms with E-state index >= 15 is 0 Å². The number of fused-ring (bicyclic) bond motifs is 3. The number of hydrogen-bond donors (Lipinski definition) is 0. The molecule has 0 radical (unpaired) electrons. The highest BCUT2D eigenvalue weighted by atomic mass is 16.3. The molecule has 53 heavy (non-hydrogen) atoms. The number of furan rings is 2. The van der Waals surface area contributed by atoms with E-state index in [0.717, 1.165) is 83.9 Å².